The van der Waals surface area contributed by atoms with Crippen molar-refractivity contribution in [3.63, 3.8) is 0 Å². The maximum absolute atomic E-state index is 12.5. The minimum atomic E-state index is -0.0277. The smallest absolute Gasteiger partial charge is 0.279 e. The number of benzene rings is 1. The fraction of sp³-hybridized carbons (Fsp3) is 0.250. The molecule has 130 valence electrons. The van der Waals surface area contributed by atoms with E-state index in [2.05, 4.69) is 11.4 Å². The van der Waals surface area contributed by atoms with Gasteiger partial charge in [0.15, 0.2) is 18.1 Å². The van der Waals surface area contributed by atoms with Gasteiger partial charge in [-0.1, -0.05) is 17.7 Å². The summed E-state index contributed by atoms with van der Waals surface area (Å²) in [5.74, 6) is 1.67. The van der Waals surface area contributed by atoms with Gasteiger partial charge in [0.1, 0.15) is 13.1 Å². The monoisotopic (exact) mass is 339 g/mol. The Labute approximate surface area is 147 Å². The van der Waals surface area contributed by atoms with Crippen molar-refractivity contribution in [2.24, 2.45) is 0 Å². The number of hydrogen-bond donors (Lipinski definition) is 2. The summed E-state index contributed by atoms with van der Waals surface area (Å²) in [7, 11) is 0. The maximum atomic E-state index is 12.5. The van der Waals surface area contributed by atoms with E-state index in [4.69, 9.17) is 8.83 Å². The summed E-state index contributed by atoms with van der Waals surface area (Å²) in [6.45, 7) is 5.60. The van der Waals surface area contributed by atoms with E-state index in [9.17, 15) is 4.79 Å². The van der Waals surface area contributed by atoms with Gasteiger partial charge in [-0.15, -0.1) is 0 Å². The number of amides is 1. The first kappa shape index (κ1) is 17.0. The average molecular weight is 339 g/mol. The Balaban J connectivity index is 1.66. The van der Waals surface area contributed by atoms with E-state index in [1.54, 1.807) is 12.5 Å². The fourth-order valence-corrected chi connectivity index (χ4v) is 2.88. The predicted octanol–water partition coefficient (Wildman–Crippen LogP) is 2.71. The lowest BCUT2D eigenvalue weighted by molar-refractivity contribution is -0.921. The minimum Gasteiger partial charge on any atom is -0.463 e. The summed E-state index contributed by atoms with van der Waals surface area (Å²) in [6.07, 6.45) is 3.30. The number of aryl methyl sites for hydroxylation is 2. The van der Waals surface area contributed by atoms with Crippen molar-refractivity contribution in [1.29, 1.82) is 0 Å². The molecule has 0 aliphatic heterocycles. The first-order chi connectivity index (χ1) is 12.1. The summed E-state index contributed by atoms with van der Waals surface area (Å²) in [5.41, 5.74) is 3.09. The molecular weight excluding hydrogens is 316 g/mol. The quantitative estimate of drug-likeness (QED) is 0.696. The molecule has 0 aliphatic carbocycles. The number of carbonyl (C=O) groups excluding carboxylic acids is 1. The highest BCUT2D eigenvalue weighted by Gasteiger charge is 2.18. The number of anilines is 1. The van der Waals surface area contributed by atoms with E-state index < -0.39 is 0 Å². The second-order valence-electron chi connectivity index (χ2n) is 6.31. The molecule has 25 heavy (non-hydrogen) atoms. The molecule has 2 N–H and O–H groups in total. The van der Waals surface area contributed by atoms with Crippen LogP contribution in [-0.4, -0.2) is 12.5 Å². The van der Waals surface area contributed by atoms with Crippen LogP contribution in [0.1, 0.15) is 22.6 Å². The number of furan rings is 2. The van der Waals surface area contributed by atoms with Crippen molar-refractivity contribution in [2.75, 3.05) is 11.9 Å². The maximum Gasteiger partial charge on any atom is 0.279 e. The molecular formula is C20H23N2O3+. The van der Waals surface area contributed by atoms with Gasteiger partial charge in [-0.25, -0.2) is 0 Å². The predicted molar refractivity (Wildman–Crippen MR) is 95.2 cm³/mol. The third-order valence-electron chi connectivity index (χ3n) is 4.08. The van der Waals surface area contributed by atoms with E-state index >= 15 is 0 Å². The van der Waals surface area contributed by atoms with E-state index in [0.717, 1.165) is 27.7 Å². The van der Waals surface area contributed by atoms with Gasteiger partial charge in [0.25, 0.3) is 5.91 Å². The van der Waals surface area contributed by atoms with Crippen molar-refractivity contribution < 1.29 is 18.5 Å². The molecule has 1 amide bonds. The Morgan fingerprint density at radius 2 is 1.64 bits per heavy atom. The van der Waals surface area contributed by atoms with E-state index in [0.29, 0.717) is 19.6 Å². The summed E-state index contributed by atoms with van der Waals surface area (Å²) in [6, 6.07) is 13.6. The van der Waals surface area contributed by atoms with Crippen LogP contribution in [0.4, 0.5) is 5.69 Å². The molecule has 0 unspecified atom stereocenters. The SMILES string of the molecule is Cc1ccc(NC(=O)C[NH+](Cc2ccco2)Cc2ccco2)c(C)c1. The summed E-state index contributed by atoms with van der Waals surface area (Å²) < 4.78 is 10.9. The topological polar surface area (TPSA) is 59.8 Å². The number of hydrogen-bond acceptors (Lipinski definition) is 3. The summed E-state index contributed by atoms with van der Waals surface area (Å²) in [5, 5.41) is 3.01. The first-order valence-electron chi connectivity index (χ1n) is 8.35. The fourth-order valence-electron chi connectivity index (χ4n) is 2.88. The van der Waals surface area contributed by atoms with Crippen LogP contribution in [0.5, 0.6) is 0 Å². The molecule has 2 aromatic heterocycles. The Morgan fingerprint density at radius 3 is 2.16 bits per heavy atom. The van der Waals surface area contributed by atoms with E-state index in [1.807, 2.05) is 50.2 Å². The standard InChI is InChI=1S/C20H22N2O3/c1-15-7-8-19(16(2)11-15)21-20(23)14-22(12-17-5-3-9-24-17)13-18-6-4-10-25-18/h3-11H,12-14H2,1-2H3,(H,21,23)/p+1. The van der Waals surface area contributed by atoms with E-state index in [-0.39, 0.29) is 5.91 Å². The first-order valence-corrected chi connectivity index (χ1v) is 8.35. The van der Waals surface area contributed by atoms with Gasteiger partial charge in [0.05, 0.1) is 12.5 Å². The molecule has 1 aromatic carbocycles. The highest BCUT2D eigenvalue weighted by molar-refractivity contribution is 5.92. The molecule has 0 radical (unpaired) electrons. The highest BCUT2D eigenvalue weighted by atomic mass is 16.3. The molecule has 0 bridgehead atoms. The molecule has 0 spiro atoms. The molecule has 5 heteroatoms. The zero-order valence-corrected chi connectivity index (χ0v) is 14.5. The van der Waals surface area contributed by atoms with Crippen LogP contribution < -0.4 is 10.2 Å². The minimum absolute atomic E-state index is 0.0277. The van der Waals surface area contributed by atoms with Crippen LogP contribution in [0.2, 0.25) is 0 Å². The number of carbonyl (C=O) groups is 1. The third-order valence-corrected chi connectivity index (χ3v) is 4.08. The van der Waals surface area contributed by atoms with Crippen molar-refractivity contribution >= 4 is 11.6 Å². The van der Waals surface area contributed by atoms with E-state index in [1.165, 1.54) is 5.56 Å². The second-order valence-corrected chi connectivity index (χ2v) is 6.31. The lowest BCUT2D eigenvalue weighted by atomic mass is 10.1. The highest BCUT2D eigenvalue weighted by Crippen LogP contribution is 2.15. The van der Waals surface area contributed by atoms with Gasteiger partial charge < -0.3 is 19.1 Å². The molecule has 0 aliphatic rings. The van der Waals surface area contributed by atoms with Gasteiger partial charge in [-0.3, -0.25) is 4.79 Å². The van der Waals surface area contributed by atoms with Gasteiger partial charge in [0.2, 0.25) is 0 Å². The van der Waals surface area contributed by atoms with Gasteiger partial charge in [-0.05, 0) is 49.7 Å². The number of rotatable bonds is 7. The lowest BCUT2D eigenvalue weighted by Gasteiger charge is -2.17. The Morgan fingerprint density at radius 1 is 1.00 bits per heavy atom. The van der Waals surface area contributed by atoms with Gasteiger partial charge >= 0.3 is 0 Å². The molecule has 0 saturated carbocycles. The van der Waals surface area contributed by atoms with Crippen LogP contribution in [-0.2, 0) is 17.9 Å². The number of quaternary nitrogens is 1. The molecule has 3 aromatic rings. The molecule has 0 saturated heterocycles. The second kappa shape index (κ2) is 7.85. The largest absolute Gasteiger partial charge is 0.463 e. The molecule has 3 rings (SSSR count). The van der Waals surface area contributed by atoms with Crippen molar-refractivity contribution in [1.82, 2.24) is 0 Å². The molecule has 0 atom stereocenters. The van der Waals surface area contributed by atoms with Crippen LogP contribution in [0.25, 0.3) is 0 Å². The Kier molecular flexibility index (Phi) is 5.36. The third kappa shape index (κ3) is 4.84. The summed E-state index contributed by atoms with van der Waals surface area (Å²) in [4.78, 5) is 13.6. The zero-order chi connectivity index (χ0) is 17.6. The lowest BCUT2D eigenvalue weighted by Crippen LogP contribution is -3.10. The molecule has 5 nitrogen and oxygen atoms in total. The number of nitrogens with one attached hydrogen (secondary N) is 2. The summed E-state index contributed by atoms with van der Waals surface area (Å²) >= 11 is 0. The zero-order valence-electron chi connectivity index (χ0n) is 14.5. The van der Waals surface area contributed by atoms with Crippen molar-refractivity contribution in [3.8, 4) is 0 Å². The van der Waals surface area contributed by atoms with Gasteiger partial charge in [-0.2, -0.15) is 0 Å². The van der Waals surface area contributed by atoms with Gasteiger partial charge in [0, 0.05) is 5.69 Å². The molecule has 0 fully saturated rings. The van der Waals surface area contributed by atoms with Crippen molar-refractivity contribution in [2.45, 2.75) is 26.9 Å². The van der Waals surface area contributed by atoms with Crippen LogP contribution >= 0.6 is 0 Å². The average Bonchev–Trinajstić information content (AvgIpc) is 3.24. The normalized spacial score (nSPS) is 11.0. The Hall–Kier alpha value is -2.79. The van der Waals surface area contributed by atoms with Crippen LogP contribution in [0.3, 0.4) is 0 Å². The molecule has 2 heterocycles. The van der Waals surface area contributed by atoms with Crippen molar-refractivity contribution in [3.05, 3.63) is 77.6 Å². The van der Waals surface area contributed by atoms with Crippen LogP contribution in [0, 0.1) is 13.8 Å². The van der Waals surface area contributed by atoms with Crippen LogP contribution in [0.15, 0.2) is 63.8 Å². The Bertz CT molecular complexity index is 771.